The van der Waals surface area contributed by atoms with Crippen LogP contribution in [-0.2, 0) is 13.0 Å². The summed E-state index contributed by atoms with van der Waals surface area (Å²) in [5.74, 6) is 1.03. The Kier molecular flexibility index (Phi) is 3.48. The summed E-state index contributed by atoms with van der Waals surface area (Å²) in [5.41, 5.74) is 8.51. The van der Waals surface area contributed by atoms with Gasteiger partial charge in [-0.15, -0.1) is 0 Å². The molecule has 0 aliphatic rings. The van der Waals surface area contributed by atoms with E-state index >= 15 is 0 Å². The van der Waals surface area contributed by atoms with Gasteiger partial charge in [0.2, 0.25) is 0 Å². The van der Waals surface area contributed by atoms with Gasteiger partial charge in [-0.2, -0.15) is 0 Å². The molecule has 102 valence electrons. The molecule has 0 spiro atoms. The van der Waals surface area contributed by atoms with Crippen molar-refractivity contribution in [1.29, 1.82) is 0 Å². The minimum absolute atomic E-state index is 0.0735. The molecule has 20 heavy (non-hydrogen) atoms. The maximum absolute atomic E-state index is 6.39. The van der Waals surface area contributed by atoms with Gasteiger partial charge in [0.1, 0.15) is 5.82 Å². The molecule has 2 aromatic heterocycles. The number of imidazole rings is 1. The highest BCUT2D eigenvalue weighted by Gasteiger charge is 2.13. The molecule has 1 aromatic carbocycles. The molecule has 2 N–H and O–H groups in total. The monoisotopic (exact) mass is 266 g/mol. The summed E-state index contributed by atoms with van der Waals surface area (Å²) in [6.45, 7) is 3.03. The fraction of sp³-hybridized carbons (Fsp3) is 0.250. The molecule has 1 unspecified atom stereocenters. The number of hydrogen-bond donors (Lipinski definition) is 1. The Hall–Kier alpha value is -2.20. The number of hydrogen-bond acceptors (Lipinski definition) is 3. The van der Waals surface area contributed by atoms with Crippen molar-refractivity contribution in [2.75, 3.05) is 0 Å². The van der Waals surface area contributed by atoms with Crippen LogP contribution in [0.3, 0.4) is 0 Å². The normalized spacial score (nSPS) is 12.7. The average Bonchev–Trinajstić information content (AvgIpc) is 2.93. The van der Waals surface area contributed by atoms with E-state index in [-0.39, 0.29) is 6.04 Å². The zero-order chi connectivity index (χ0) is 13.9. The summed E-state index contributed by atoms with van der Waals surface area (Å²) >= 11 is 0. The topological polar surface area (TPSA) is 56.7 Å². The molecular weight excluding hydrogens is 248 g/mol. The van der Waals surface area contributed by atoms with Gasteiger partial charge >= 0.3 is 0 Å². The van der Waals surface area contributed by atoms with Crippen molar-refractivity contribution in [3.05, 3.63) is 60.3 Å². The van der Waals surface area contributed by atoms with Crippen LogP contribution in [0.2, 0.25) is 0 Å². The van der Waals surface area contributed by atoms with Gasteiger partial charge < -0.3 is 10.3 Å². The van der Waals surface area contributed by atoms with E-state index in [1.807, 2.05) is 42.9 Å². The molecule has 0 radical (unpaired) electrons. The number of para-hydroxylation sites is 1. The Bertz CT molecular complexity index is 712. The maximum atomic E-state index is 6.39. The van der Waals surface area contributed by atoms with E-state index < -0.39 is 0 Å². The Morgan fingerprint density at radius 1 is 1.15 bits per heavy atom. The van der Waals surface area contributed by atoms with Crippen molar-refractivity contribution in [1.82, 2.24) is 14.5 Å². The molecule has 0 amide bonds. The van der Waals surface area contributed by atoms with Gasteiger partial charge in [-0.3, -0.25) is 4.98 Å². The number of nitrogens with two attached hydrogens (primary N) is 1. The summed E-state index contributed by atoms with van der Waals surface area (Å²) in [6, 6.07) is 10.0. The third kappa shape index (κ3) is 2.30. The van der Waals surface area contributed by atoms with Crippen LogP contribution in [0.4, 0.5) is 0 Å². The minimum atomic E-state index is -0.0735. The fourth-order valence-corrected chi connectivity index (χ4v) is 2.57. The lowest BCUT2D eigenvalue weighted by Crippen LogP contribution is -2.16. The van der Waals surface area contributed by atoms with Crippen molar-refractivity contribution < 1.29 is 0 Å². The predicted molar refractivity (Wildman–Crippen MR) is 80.3 cm³/mol. The van der Waals surface area contributed by atoms with E-state index in [1.54, 1.807) is 0 Å². The molecule has 4 heteroatoms. The molecular formula is C16H18N4. The summed E-state index contributed by atoms with van der Waals surface area (Å²) in [5, 5.41) is 1.12. The van der Waals surface area contributed by atoms with E-state index in [0.29, 0.717) is 0 Å². The van der Waals surface area contributed by atoms with Crippen LogP contribution in [0.15, 0.2) is 48.9 Å². The number of benzene rings is 1. The van der Waals surface area contributed by atoms with E-state index in [1.165, 1.54) is 0 Å². The molecule has 0 saturated carbocycles. The minimum Gasteiger partial charge on any atom is -0.335 e. The molecule has 0 bridgehead atoms. The number of pyridine rings is 1. The van der Waals surface area contributed by atoms with E-state index in [4.69, 9.17) is 5.73 Å². The lowest BCUT2D eigenvalue weighted by molar-refractivity contribution is 0.630. The van der Waals surface area contributed by atoms with Crippen molar-refractivity contribution in [2.24, 2.45) is 5.73 Å². The number of nitrogens with zero attached hydrogens (tertiary/aromatic N) is 3. The molecule has 4 nitrogen and oxygen atoms in total. The third-order valence-electron chi connectivity index (χ3n) is 3.63. The maximum Gasteiger partial charge on any atom is 0.110 e. The van der Waals surface area contributed by atoms with Crippen molar-refractivity contribution in [3.63, 3.8) is 0 Å². The lowest BCUT2D eigenvalue weighted by atomic mass is 10.00. The summed E-state index contributed by atoms with van der Waals surface area (Å²) in [6.07, 6.45) is 6.38. The zero-order valence-electron chi connectivity index (χ0n) is 11.5. The molecule has 2 heterocycles. The Morgan fingerprint density at radius 2 is 2.00 bits per heavy atom. The van der Waals surface area contributed by atoms with E-state index in [2.05, 4.69) is 27.5 Å². The molecule has 0 aliphatic heterocycles. The molecule has 0 aliphatic carbocycles. The predicted octanol–water partition coefficient (Wildman–Crippen LogP) is 2.69. The summed E-state index contributed by atoms with van der Waals surface area (Å²) < 4.78 is 2.13. The Balaban J connectivity index is 1.95. The van der Waals surface area contributed by atoms with Crippen molar-refractivity contribution >= 4 is 10.9 Å². The van der Waals surface area contributed by atoms with E-state index in [0.717, 1.165) is 35.3 Å². The van der Waals surface area contributed by atoms with Crippen LogP contribution in [0, 0.1) is 0 Å². The second-order valence-electron chi connectivity index (χ2n) is 4.86. The van der Waals surface area contributed by atoms with Crippen LogP contribution < -0.4 is 5.73 Å². The first-order valence-electron chi connectivity index (χ1n) is 6.89. The highest BCUT2D eigenvalue weighted by Crippen LogP contribution is 2.23. The highest BCUT2D eigenvalue weighted by molar-refractivity contribution is 5.82. The third-order valence-corrected chi connectivity index (χ3v) is 3.63. The Morgan fingerprint density at radius 3 is 2.85 bits per heavy atom. The standard InChI is InChI=1S/C16H18N4/c1-2-20-10-9-19-16(20)11-14(17)12-7-8-18-15-6-4-3-5-13(12)15/h3-10,14H,2,11,17H2,1H3. The van der Waals surface area contributed by atoms with Gasteiger partial charge in [-0.1, -0.05) is 18.2 Å². The second kappa shape index (κ2) is 5.43. The van der Waals surface area contributed by atoms with Crippen LogP contribution in [-0.4, -0.2) is 14.5 Å². The van der Waals surface area contributed by atoms with Crippen molar-refractivity contribution in [3.8, 4) is 0 Å². The smallest absolute Gasteiger partial charge is 0.110 e. The Labute approximate surface area is 118 Å². The van der Waals surface area contributed by atoms with Gasteiger partial charge in [-0.25, -0.2) is 4.98 Å². The number of rotatable bonds is 4. The summed E-state index contributed by atoms with van der Waals surface area (Å²) in [4.78, 5) is 8.78. The fourth-order valence-electron chi connectivity index (χ4n) is 2.57. The second-order valence-corrected chi connectivity index (χ2v) is 4.86. The number of aromatic nitrogens is 3. The lowest BCUT2D eigenvalue weighted by Gasteiger charge is -2.14. The van der Waals surface area contributed by atoms with Crippen LogP contribution >= 0.6 is 0 Å². The molecule has 3 rings (SSSR count). The first-order chi connectivity index (χ1) is 9.79. The van der Waals surface area contributed by atoms with Gasteiger partial charge in [0.25, 0.3) is 0 Å². The molecule has 3 aromatic rings. The van der Waals surface area contributed by atoms with Crippen LogP contribution in [0.25, 0.3) is 10.9 Å². The molecule has 0 fully saturated rings. The quantitative estimate of drug-likeness (QED) is 0.790. The number of aryl methyl sites for hydroxylation is 1. The molecule has 0 saturated heterocycles. The number of fused-ring (bicyclic) bond motifs is 1. The summed E-state index contributed by atoms with van der Waals surface area (Å²) in [7, 11) is 0. The average molecular weight is 266 g/mol. The van der Waals surface area contributed by atoms with Gasteiger partial charge in [-0.05, 0) is 24.6 Å². The highest BCUT2D eigenvalue weighted by atomic mass is 15.1. The van der Waals surface area contributed by atoms with Gasteiger partial charge in [0.15, 0.2) is 0 Å². The van der Waals surface area contributed by atoms with Crippen molar-refractivity contribution in [2.45, 2.75) is 25.9 Å². The first-order valence-corrected chi connectivity index (χ1v) is 6.89. The zero-order valence-corrected chi connectivity index (χ0v) is 11.5. The van der Waals surface area contributed by atoms with Crippen LogP contribution in [0.5, 0.6) is 0 Å². The first kappa shape index (κ1) is 12.8. The van der Waals surface area contributed by atoms with Crippen LogP contribution in [0.1, 0.15) is 24.4 Å². The van der Waals surface area contributed by atoms with E-state index in [9.17, 15) is 0 Å². The molecule has 1 atom stereocenters. The SMILES string of the molecule is CCn1ccnc1CC(N)c1ccnc2ccccc12. The van der Waals surface area contributed by atoms with Gasteiger partial charge in [0.05, 0.1) is 5.52 Å². The largest absolute Gasteiger partial charge is 0.335 e. The van der Waals surface area contributed by atoms with Gasteiger partial charge in [0, 0.05) is 43.0 Å².